The normalized spacial score (nSPS) is 14.6. The quantitative estimate of drug-likeness (QED) is 0.591. The summed E-state index contributed by atoms with van der Waals surface area (Å²) < 4.78 is 9.92. The Morgan fingerprint density at radius 1 is 1.39 bits per heavy atom. The zero-order chi connectivity index (χ0) is 14.0. The Labute approximate surface area is 111 Å². The van der Waals surface area contributed by atoms with E-state index in [0.717, 1.165) is 25.9 Å². The van der Waals surface area contributed by atoms with Crippen molar-refractivity contribution >= 4 is 5.97 Å². The van der Waals surface area contributed by atoms with E-state index in [9.17, 15) is 4.79 Å². The molecule has 2 unspecified atom stereocenters. The van der Waals surface area contributed by atoms with Crippen molar-refractivity contribution in [3.8, 4) is 0 Å². The fraction of sp³-hybridized carbons (Fsp3) is 0.923. The van der Waals surface area contributed by atoms with Crippen LogP contribution in [0.4, 0.5) is 0 Å². The first kappa shape index (κ1) is 17.4. The molecule has 5 heteroatoms. The van der Waals surface area contributed by atoms with Crippen molar-refractivity contribution in [2.24, 2.45) is 0 Å². The number of carbonyl (C=O) groups is 1. The number of ether oxygens (including phenoxy) is 2. The van der Waals surface area contributed by atoms with Gasteiger partial charge in [-0.25, -0.2) is 0 Å². The lowest BCUT2D eigenvalue weighted by molar-refractivity contribution is -0.143. The predicted molar refractivity (Wildman–Crippen MR) is 72.7 cm³/mol. The van der Waals surface area contributed by atoms with Crippen LogP contribution in [0.5, 0.6) is 0 Å². The maximum atomic E-state index is 11.6. The number of nitrogens with zero attached hydrogens (tertiary/aromatic N) is 1. The van der Waals surface area contributed by atoms with E-state index in [1.54, 1.807) is 7.11 Å². The summed E-state index contributed by atoms with van der Waals surface area (Å²) in [5.74, 6) is -0.184. The lowest BCUT2D eigenvalue weighted by Crippen LogP contribution is -2.42. The van der Waals surface area contributed by atoms with Crippen molar-refractivity contribution in [1.82, 2.24) is 10.2 Å². The summed E-state index contributed by atoms with van der Waals surface area (Å²) in [5, 5.41) is 3.21. The highest BCUT2D eigenvalue weighted by Gasteiger charge is 2.19. The van der Waals surface area contributed by atoms with Gasteiger partial charge in [-0.15, -0.1) is 0 Å². The first-order valence-electron chi connectivity index (χ1n) is 6.57. The molecule has 0 rings (SSSR count). The zero-order valence-electron chi connectivity index (χ0n) is 12.4. The second-order valence-electron chi connectivity index (χ2n) is 4.60. The highest BCUT2D eigenvalue weighted by Crippen LogP contribution is 2.02. The molecular formula is C13H28N2O3. The second-order valence-corrected chi connectivity index (χ2v) is 4.60. The van der Waals surface area contributed by atoms with Gasteiger partial charge < -0.3 is 19.7 Å². The minimum absolute atomic E-state index is 0.184. The van der Waals surface area contributed by atoms with Gasteiger partial charge in [-0.3, -0.25) is 4.79 Å². The monoisotopic (exact) mass is 260 g/mol. The van der Waals surface area contributed by atoms with Crippen LogP contribution in [0.3, 0.4) is 0 Å². The molecule has 0 saturated carbocycles. The molecule has 0 bridgehead atoms. The fourth-order valence-corrected chi connectivity index (χ4v) is 1.69. The highest BCUT2D eigenvalue weighted by atomic mass is 16.5. The molecule has 0 fully saturated rings. The van der Waals surface area contributed by atoms with Crippen LogP contribution in [0, 0.1) is 0 Å². The zero-order valence-corrected chi connectivity index (χ0v) is 12.4. The van der Waals surface area contributed by atoms with E-state index < -0.39 is 0 Å². The van der Waals surface area contributed by atoms with Gasteiger partial charge in [0, 0.05) is 19.7 Å². The predicted octanol–water partition coefficient (Wildman–Crippen LogP) is 0.884. The first-order chi connectivity index (χ1) is 8.56. The lowest BCUT2D eigenvalue weighted by Gasteiger charge is -2.26. The second kappa shape index (κ2) is 10.3. The molecule has 18 heavy (non-hydrogen) atoms. The van der Waals surface area contributed by atoms with Gasteiger partial charge in [0.1, 0.15) is 6.04 Å². The molecule has 0 saturated heterocycles. The molecule has 0 amide bonds. The van der Waals surface area contributed by atoms with Crippen LogP contribution >= 0.6 is 0 Å². The summed E-state index contributed by atoms with van der Waals surface area (Å²) in [6.07, 6.45) is 1.75. The third-order valence-electron chi connectivity index (χ3n) is 3.06. The Bertz CT molecular complexity index is 224. The summed E-state index contributed by atoms with van der Waals surface area (Å²) in [7, 11) is 5.17. The Balaban J connectivity index is 4.11. The van der Waals surface area contributed by atoms with Crippen LogP contribution in [-0.2, 0) is 14.3 Å². The Hall–Kier alpha value is -0.650. The van der Waals surface area contributed by atoms with Gasteiger partial charge in [-0.1, -0.05) is 6.92 Å². The Kier molecular flexibility index (Phi) is 9.92. The van der Waals surface area contributed by atoms with Crippen LogP contribution in [0.2, 0.25) is 0 Å². The standard InChI is InChI=1S/C13H28N2O3/c1-6-8-14-12(13(16)18-5)7-9-15(3)11(2)10-17-4/h11-12,14H,6-10H2,1-5H3. The molecule has 0 aromatic carbocycles. The molecule has 0 heterocycles. The molecular weight excluding hydrogens is 232 g/mol. The molecule has 0 aromatic heterocycles. The molecule has 0 radical (unpaired) electrons. The van der Waals surface area contributed by atoms with E-state index in [1.165, 1.54) is 7.11 Å². The van der Waals surface area contributed by atoms with Gasteiger partial charge in [0.2, 0.25) is 0 Å². The van der Waals surface area contributed by atoms with E-state index in [2.05, 4.69) is 24.1 Å². The largest absolute Gasteiger partial charge is 0.468 e. The minimum Gasteiger partial charge on any atom is -0.468 e. The minimum atomic E-state index is -0.216. The van der Waals surface area contributed by atoms with E-state index in [4.69, 9.17) is 9.47 Å². The molecule has 0 aliphatic heterocycles. The summed E-state index contributed by atoms with van der Waals surface area (Å²) in [4.78, 5) is 13.8. The summed E-state index contributed by atoms with van der Waals surface area (Å²) in [6, 6.07) is 0.131. The molecule has 1 N–H and O–H groups in total. The van der Waals surface area contributed by atoms with Gasteiger partial charge in [0.15, 0.2) is 0 Å². The van der Waals surface area contributed by atoms with Gasteiger partial charge in [-0.2, -0.15) is 0 Å². The number of likely N-dealkylation sites (N-methyl/N-ethyl adjacent to an activating group) is 1. The molecule has 0 aliphatic carbocycles. The average molecular weight is 260 g/mol. The molecule has 0 spiro atoms. The van der Waals surface area contributed by atoms with Gasteiger partial charge in [0.05, 0.1) is 13.7 Å². The van der Waals surface area contributed by atoms with Crippen LogP contribution < -0.4 is 5.32 Å². The molecule has 108 valence electrons. The third-order valence-corrected chi connectivity index (χ3v) is 3.06. The molecule has 2 atom stereocenters. The number of carbonyl (C=O) groups excluding carboxylic acids is 1. The number of hydrogen-bond donors (Lipinski definition) is 1. The van der Waals surface area contributed by atoms with Crippen LogP contribution in [0.25, 0.3) is 0 Å². The lowest BCUT2D eigenvalue weighted by atomic mass is 10.2. The number of hydrogen-bond acceptors (Lipinski definition) is 5. The average Bonchev–Trinajstić information content (AvgIpc) is 2.37. The van der Waals surface area contributed by atoms with Crippen LogP contribution in [0.1, 0.15) is 26.7 Å². The van der Waals surface area contributed by atoms with E-state index >= 15 is 0 Å². The van der Waals surface area contributed by atoms with Gasteiger partial charge in [-0.05, 0) is 33.4 Å². The molecule has 0 aliphatic rings. The number of rotatable bonds is 10. The summed E-state index contributed by atoms with van der Waals surface area (Å²) >= 11 is 0. The van der Waals surface area contributed by atoms with E-state index in [1.807, 2.05) is 7.05 Å². The number of esters is 1. The van der Waals surface area contributed by atoms with Crippen molar-refractivity contribution < 1.29 is 14.3 Å². The molecule has 5 nitrogen and oxygen atoms in total. The van der Waals surface area contributed by atoms with Crippen LogP contribution in [-0.4, -0.2) is 63.9 Å². The third kappa shape index (κ3) is 6.93. The first-order valence-corrected chi connectivity index (χ1v) is 6.57. The Morgan fingerprint density at radius 3 is 2.56 bits per heavy atom. The van der Waals surface area contributed by atoms with Crippen molar-refractivity contribution in [3.05, 3.63) is 0 Å². The van der Waals surface area contributed by atoms with Crippen molar-refractivity contribution in [3.63, 3.8) is 0 Å². The number of methoxy groups -OCH3 is 2. The van der Waals surface area contributed by atoms with Gasteiger partial charge >= 0.3 is 5.97 Å². The topological polar surface area (TPSA) is 50.8 Å². The van der Waals surface area contributed by atoms with Crippen LogP contribution in [0.15, 0.2) is 0 Å². The molecule has 0 aromatic rings. The fourth-order valence-electron chi connectivity index (χ4n) is 1.69. The smallest absolute Gasteiger partial charge is 0.322 e. The maximum absolute atomic E-state index is 11.6. The highest BCUT2D eigenvalue weighted by molar-refractivity contribution is 5.75. The van der Waals surface area contributed by atoms with Crippen molar-refractivity contribution in [2.45, 2.75) is 38.8 Å². The summed E-state index contributed by atoms with van der Waals surface area (Å²) in [6.45, 7) is 6.55. The van der Waals surface area contributed by atoms with Gasteiger partial charge in [0.25, 0.3) is 0 Å². The SMILES string of the molecule is CCCNC(CCN(C)C(C)COC)C(=O)OC. The number of nitrogens with one attached hydrogen (secondary N) is 1. The van der Waals surface area contributed by atoms with Crippen molar-refractivity contribution in [2.75, 3.05) is 41.0 Å². The summed E-state index contributed by atoms with van der Waals surface area (Å²) in [5.41, 5.74) is 0. The van der Waals surface area contributed by atoms with E-state index in [0.29, 0.717) is 12.6 Å². The Morgan fingerprint density at radius 2 is 2.06 bits per heavy atom. The van der Waals surface area contributed by atoms with E-state index in [-0.39, 0.29) is 12.0 Å². The van der Waals surface area contributed by atoms with Crippen molar-refractivity contribution in [1.29, 1.82) is 0 Å². The maximum Gasteiger partial charge on any atom is 0.322 e.